The van der Waals surface area contributed by atoms with Gasteiger partial charge >= 0.3 is 0 Å². The summed E-state index contributed by atoms with van der Waals surface area (Å²) in [7, 11) is 0. The number of nitriles is 1. The molecule has 1 atom stereocenters. The van der Waals surface area contributed by atoms with Crippen molar-refractivity contribution in [3.05, 3.63) is 29.3 Å². The number of ether oxygens (including phenoxy) is 1. The molecule has 1 aromatic rings. The van der Waals surface area contributed by atoms with Gasteiger partial charge in [0.05, 0.1) is 24.2 Å². The number of hydrogen-bond donors (Lipinski definition) is 1. The quantitative estimate of drug-likeness (QED) is 0.761. The van der Waals surface area contributed by atoms with Crippen LogP contribution in [0, 0.1) is 23.7 Å². The van der Waals surface area contributed by atoms with Crippen LogP contribution >= 0.6 is 0 Å². The second-order valence-electron chi connectivity index (χ2n) is 6.02. The summed E-state index contributed by atoms with van der Waals surface area (Å²) in [6, 6.07) is 8.15. The van der Waals surface area contributed by atoms with Crippen molar-refractivity contribution in [3.8, 4) is 11.8 Å². The Morgan fingerprint density at radius 2 is 2.05 bits per heavy atom. The number of benzene rings is 1. The summed E-state index contributed by atoms with van der Waals surface area (Å²) in [4.78, 5) is 0. The summed E-state index contributed by atoms with van der Waals surface area (Å²) in [5.41, 5.74) is 1.69. The standard InChI is InChI=1S/C17H25NO2/c1-13-7-8-15(14(2)19)16(11-13)20-10-6-5-9-17(3,4)12-18/h7-8,11,14,19H,5-6,9-10H2,1-4H3/t14-/m0/s1. The van der Waals surface area contributed by atoms with E-state index in [4.69, 9.17) is 10.00 Å². The van der Waals surface area contributed by atoms with Gasteiger partial charge in [-0.15, -0.1) is 0 Å². The molecule has 0 amide bonds. The first kappa shape index (κ1) is 16.5. The van der Waals surface area contributed by atoms with Crippen LogP contribution in [0.4, 0.5) is 0 Å². The highest BCUT2D eigenvalue weighted by molar-refractivity contribution is 5.38. The van der Waals surface area contributed by atoms with E-state index < -0.39 is 6.10 Å². The van der Waals surface area contributed by atoms with Crippen LogP contribution in [0.2, 0.25) is 0 Å². The molecule has 0 aliphatic heterocycles. The Labute approximate surface area is 122 Å². The lowest BCUT2D eigenvalue weighted by Gasteiger charge is -2.16. The molecule has 0 unspecified atom stereocenters. The number of aliphatic hydroxyl groups excluding tert-OH is 1. The number of hydrogen-bond acceptors (Lipinski definition) is 3. The smallest absolute Gasteiger partial charge is 0.125 e. The summed E-state index contributed by atoms with van der Waals surface area (Å²) in [5, 5.41) is 18.7. The Balaban J connectivity index is 2.46. The van der Waals surface area contributed by atoms with Crippen LogP contribution in [-0.4, -0.2) is 11.7 Å². The van der Waals surface area contributed by atoms with Crippen LogP contribution in [0.15, 0.2) is 18.2 Å². The van der Waals surface area contributed by atoms with E-state index in [1.807, 2.05) is 39.0 Å². The lowest BCUT2D eigenvalue weighted by molar-refractivity contribution is 0.190. The third kappa shape index (κ3) is 5.22. The van der Waals surface area contributed by atoms with Crippen molar-refractivity contribution in [2.45, 2.75) is 53.1 Å². The van der Waals surface area contributed by atoms with Crippen molar-refractivity contribution in [2.75, 3.05) is 6.61 Å². The van der Waals surface area contributed by atoms with E-state index in [1.165, 1.54) is 0 Å². The molecule has 1 aromatic carbocycles. The van der Waals surface area contributed by atoms with Crippen molar-refractivity contribution in [2.24, 2.45) is 5.41 Å². The van der Waals surface area contributed by atoms with Gasteiger partial charge in [-0.25, -0.2) is 0 Å². The fourth-order valence-corrected chi connectivity index (χ4v) is 2.02. The molecule has 20 heavy (non-hydrogen) atoms. The predicted octanol–water partition coefficient (Wildman–Crippen LogP) is 4.15. The van der Waals surface area contributed by atoms with E-state index in [0.717, 1.165) is 36.1 Å². The molecule has 3 nitrogen and oxygen atoms in total. The van der Waals surface area contributed by atoms with Gasteiger partial charge in [0.15, 0.2) is 0 Å². The number of rotatable bonds is 7. The fourth-order valence-electron chi connectivity index (χ4n) is 2.02. The molecule has 0 fully saturated rings. The van der Waals surface area contributed by atoms with Crippen molar-refractivity contribution in [3.63, 3.8) is 0 Å². The lowest BCUT2D eigenvalue weighted by atomic mass is 9.89. The van der Waals surface area contributed by atoms with Gasteiger partial charge in [-0.3, -0.25) is 0 Å². The monoisotopic (exact) mass is 275 g/mol. The van der Waals surface area contributed by atoms with E-state index in [-0.39, 0.29) is 5.41 Å². The summed E-state index contributed by atoms with van der Waals surface area (Å²) < 4.78 is 5.78. The topological polar surface area (TPSA) is 53.2 Å². The average molecular weight is 275 g/mol. The van der Waals surface area contributed by atoms with Gasteiger partial charge in [0.25, 0.3) is 0 Å². The molecule has 0 spiro atoms. The van der Waals surface area contributed by atoms with Crippen molar-refractivity contribution in [1.29, 1.82) is 5.26 Å². The van der Waals surface area contributed by atoms with Crippen LogP contribution < -0.4 is 4.74 Å². The van der Waals surface area contributed by atoms with Gasteiger partial charge in [0.1, 0.15) is 5.75 Å². The Hall–Kier alpha value is -1.53. The normalized spacial score (nSPS) is 12.8. The van der Waals surface area contributed by atoms with E-state index >= 15 is 0 Å². The van der Waals surface area contributed by atoms with Gasteiger partial charge in [-0.1, -0.05) is 12.1 Å². The number of nitrogens with zero attached hydrogens (tertiary/aromatic N) is 1. The first-order valence-electron chi connectivity index (χ1n) is 7.18. The maximum Gasteiger partial charge on any atom is 0.125 e. The van der Waals surface area contributed by atoms with E-state index in [9.17, 15) is 5.11 Å². The zero-order chi connectivity index (χ0) is 15.2. The highest BCUT2D eigenvalue weighted by atomic mass is 16.5. The summed E-state index contributed by atoms with van der Waals surface area (Å²) in [6.07, 6.45) is 2.24. The third-order valence-corrected chi connectivity index (χ3v) is 3.38. The number of unbranched alkanes of at least 4 members (excludes halogenated alkanes) is 1. The second kappa shape index (κ2) is 7.31. The van der Waals surface area contributed by atoms with Gasteiger partial charge in [-0.05, 0) is 58.6 Å². The summed E-state index contributed by atoms with van der Waals surface area (Å²) in [5.74, 6) is 0.763. The molecule has 0 aromatic heterocycles. The van der Waals surface area contributed by atoms with E-state index in [0.29, 0.717) is 6.61 Å². The molecule has 3 heteroatoms. The van der Waals surface area contributed by atoms with Gasteiger partial charge in [0.2, 0.25) is 0 Å². The van der Waals surface area contributed by atoms with Crippen LogP contribution in [0.25, 0.3) is 0 Å². The van der Waals surface area contributed by atoms with Crippen molar-refractivity contribution < 1.29 is 9.84 Å². The third-order valence-electron chi connectivity index (χ3n) is 3.38. The van der Waals surface area contributed by atoms with Crippen molar-refractivity contribution >= 4 is 0 Å². The minimum Gasteiger partial charge on any atom is -0.493 e. The SMILES string of the molecule is Cc1ccc([C@H](C)O)c(OCCCCC(C)(C)C#N)c1. The van der Waals surface area contributed by atoms with Crippen LogP contribution in [0.3, 0.4) is 0 Å². The molecule has 0 saturated carbocycles. The van der Waals surface area contributed by atoms with Crippen LogP contribution in [0.5, 0.6) is 5.75 Å². The van der Waals surface area contributed by atoms with Gasteiger partial charge in [0, 0.05) is 5.56 Å². The fraction of sp³-hybridized carbons (Fsp3) is 0.588. The lowest BCUT2D eigenvalue weighted by Crippen LogP contribution is -2.09. The van der Waals surface area contributed by atoms with Gasteiger partial charge in [-0.2, -0.15) is 5.26 Å². The number of aliphatic hydroxyl groups is 1. The average Bonchev–Trinajstić information content (AvgIpc) is 2.38. The largest absolute Gasteiger partial charge is 0.493 e. The second-order valence-corrected chi connectivity index (χ2v) is 6.02. The molecule has 110 valence electrons. The Bertz CT molecular complexity index is 472. The number of aryl methyl sites for hydroxylation is 1. The minimum atomic E-state index is -0.525. The summed E-state index contributed by atoms with van der Waals surface area (Å²) >= 11 is 0. The summed E-state index contributed by atoms with van der Waals surface area (Å²) in [6.45, 7) is 8.28. The Morgan fingerprint density at radius 3 is 2.65 bits per heavy atom. The van der Waals surface area contributed by atoms with E-state index in [1.54, 1.807) is 6.92 Å². The van der Waals surface area contributed by atoms with Crippen molar-refractivity contribution in [1.82, 2.24) is 0 Å². The highest BCUT2D eigenvalue weighted by Gasteiger charge is 2.15. The molecular formula is C17H25NO2. The maximum atomic E-state index is 9.72. The highest BCUT2D eigenvalue weighted by Crippen LogP contribution is 2.27. The molecule has 1 N–H and O–H groups in total. The minimum absolute atomic E-state index is 0.256. The molecule has 1 rings (SSSR count). The molecule has 0 heterocycles. The van der Waals surface area contributed by atoms with Crippen LogP contribution in [-0.2, 0) is 0 Å². The zero-order valence-corrected chi connectivity index (χ0v) is 12.9. The van der Waals surface area contributed by atoms with Gasteiger partial charge < -0.3 is 9.84 Å². The predicted molar refractivity (Wildman–Crippen MR) is 80.6 cm³/mol. The molecule has 0 radical (unpaired) electrons. The zero-order valence-electron chi connectivity index (χ0n) is 12.9. The molecule has 0 aliphatic rings. The first-order chi connectivity index (χ1) is 9.35. The molecule has 0 aliphatic carbocycles. The first-order valence-corrected chi connectivity index (χ1v) is 7.18. The molecular weight excluding hydrogens is 250 g/mol. The molecule has 0 saturated heterocycles. The van der Waals surface area contributed by atoms with E-state index in [2.05, 4.69) is 6.07 Å². The molecule has 0 bridgehead atoms. The Kier molecular flexibility index (Phi) is 6.04. The van der Waals surface area contributed by atoms with Crippen LogP contribution in [0.1, 0.15) is 57.3 Å². The maximum absolute atomic E-state index is 9.72. The Morgan fingerprint density at radius 1 is 1.35 bits per heavy atom.